The summed E-state index contributed by atoms with van der Waals surface area (Å²) >= 11 is 0. The Morgan fingerprint density at radius 1 is 1.54 bits per heavy atom. The third-order valence-electron chi connectivity index (χ3n) is 2.25. The Bertz CT molecular complexity index is 211. The molecule has 1 saturated carbocycles. The molecule has 0 unspecified atom stereocenters. The second-order valence-electron chi connectivity index (χ2n) is 3.14. The number of carbonyl (C=O) groups is 2. The van der Waals surface area contributed by atoms with Gasteiger partial charge in [0.15, 0.2) is 5.78 Å². The van der Waals surface area contributed by atoms with Crippen molar-refractivity contribution in [2.45, 2.75) is 32.4 Å². The van der Waals surface area contributed by atoms with E-state index in [4.69, 9.17) is 0 Å². The minimum atomic E-state index is -2.06. The number of carbonyl (C=O) groups excluding carboxylic acids is 2. The lowest BCUT2D eigenvalue weighted by Gasteiger charge is -2.24. The molecular weight excluding hydrogens is 175 g/mol. The summed E-state index contributed by atoms with van der Waals surface area (Å²) in [6, 6.07) is 0. The lowest BCUT2D eigenvalue weighted by molar-refractivity contribution is -0.154. The van der Waals surface area contributed by atoms with Crippen LogP contribution in [0.2, 0.25) is 0 Å². The van der Waals surface area contributed by atoms with Gasteiger partial charge in [-0.15, -0.1) is 0 Å². The molecule has 0 saturated heterocycles. The van der Waals surface area contributed by atoms with Gasteiger partial charge in [0.25, 0.3) is 6.17 Å². The predicted octanol–water partition coefficient (Wildman–Crippen LogP) is 1.26. The summed E-state index contributed by atoms with van der Waals surface area (Å²) < 4.78 is 17.4. The van der Waals surface area contributed by atoms with Crippen LogP contribution < -0.4 is 0 Å². The standard InChI is InChI=1S/C9H13FO3/c1-2-13-9(12)7(10)8(11)6-4-3-5-6/h6-7H,2-5H2,1H3/t7-/m1/s1. The molecule has 1 aliphatic carbocycles. The molecule has 3 nitrogen and oxygen atoms in total. The van der Waals surface area contributed by atoms with E-state index in [1.807, 2.05) is 0 Å². The minimum absolute atomic E-state index is 0.108. The molecule has 0 heterocycles. The molecule has 1 rings (SSSR count). The average molecular weight is 188 g/mol. The number of ether oxygens (including phenoxy) is 1. The average Bonchev–Trinajstić information content (AvgIpc) is 2.00. The van der Waals surface area contributed by atoms with Crippen molar-refractivity contribution < 1.29 is 18.7 Å². The predicted molar refractivity (Wildman–Crippen MR) is 43.9 cm³/mol. The number of hydrogen-bond acceptors (Lipinski definition) is 3. The van der Waals surface area contributed by atoms with Crippen molar-refractivity contribution >= 4 is 11.8 Å². The van der Waals surface area contributed by atoms with Gasteiger partial charge in [-0.1, -0.05) is 6.42 Å². The fourth-order valence-electron chi connectivity index (χ4n) is 1.23. The number of halogens is 1. The molecule has 0 aromatic carbocycles. The Kier molecular flexibility index (Phi) is 3.39. The number of rotatable bonds is 4. The van der Waals surface area contributed by atoms with Gasteiger partial charge in [-0.3, -0.25) is 4.79 Å². The highest BCUT2D eigenvalue weighted by atomic mass is 19.1. The van der Waals surface area contributed by atoms with E-state index in [9.17, 15) is 14.0 Å². The van der Waals surface area contributed by atoms with Crippen LogP contribution in [-0.4, -0.2) is 24.5 Å². The van der Waals surface area contributed by atoms with Crippen molar-refractivity contribution in [1.29, 1.82) is 0 Å². The van der Waals surface area contributed by atoms with Gasteiger partial charge < -0.3 is 4.74 Å². The number of Topliss-reactive ketones (excluding diaryl/α,β-unsaturated/α-hetero) is 1. The Hall–Kier alpha value is -0.930. The van der Waals surface area contributed by atoms with Crippen molar-refractivity contribution in [2.75, 3.05) is 6.61 Å². The van der Waals surface area contributed by atoms with E-state index in [1.165, 1.54) is 0 Å². The van der Waals surface area contributed by atoms with E-state index < -0.39 is 17.9 Å². The highest BCUT2D eigenvalue weighted by Crippen LogP contribution is 2.28. The molecule has 74 valence electrons. The van der Waals surface area contributed by atoms with Crippen molar-refractivity contribution in [3.63, 3.8) is 0 Å². The first kappa shape index (κ1) is 10.2. The molecule has 0 radical (unpaired) electrons. The maximum absolute atomic E-state index is 13.0. The molecule has 0 N–H and O–H groups in total. The van der Waals surface area contributed by atoms with Gasteiger partial charge in [0.2, 0.25) is 0 Å². The van der Waals surface area contributed by atoms with Gasteiger partial charge in [-0.25, -0.2) is 9.18 Å². The van der Waals surface area contributed by atoms with Crippen molar-refractivity contribution in [3.05, 3.63) is 0 Å². The summed E-state index contributed by atoms with van der Waals surface area (Å²) in [4.78, 5) is 22.0. The second kappa shape index (κ2) is 4.35. The fourth-order valence-corrected chi connectivity index (χ4v) is 1.23. The Balaban J connectivity index is 2.40. The number of alkyl halides is 1. The SMILES string of the molecule is CCOC(=O)[C@H](F)C(=O)C1CCC1. The lowest BCUT2D eigenvalue weighted by atomic mass is 9.81. The maximum Gasteiger partial charge on any atom is 0.348 e. The van der Waals surface area contributed by atoms with Gasteiger partial charge in [-0.2, -0.15) is 0 Å². The topological polar surface area (TPSA) is 43.4 Å². The molecule has 1 atom stereocenters. The lowest BCUT2D eigenvalue weighted by Crippen LogP contribution is -2.35. The van der Waals surface area contributed by atoms with Crippen LogP contribution in [0, 0.1) is 5.92 Å². The van der Waals surface area contributed by atoms with Gasteiger partial charge in [0, 0.05) is 5.92 Å². The van der Waals surface area contributed by atoms with Crippen LogP contribution >= 0.6 is 0 Å². The first-order valence-electron chi connectivity index (χ1n) is 4.51. The van der Waals surface area contributed by atoms with Gasteiger partial charge >= 0.3 is 5.97 Å². The highest BCUT2D eigenvalue weighted by Gasteiger charge is 2.36. The highest BCUT2D eigenvalue weighted by molar-refractivity contribution is 6.03. The minimum Gasteiger partial charge on any atom is -0.463 e. The van der Waals surface area contributed by atoms with Crippen LogP contribution in [0.3, 0.4) is 0 Å². The molecule has 0 aromatic rings. The summed E-state index contributed by atoms with van der Waals surface area (Å²) in [7, 11) is 0. The Morgan fingerprint density at radius 2 is 2.15 bits per heavy atom. The van der Waals surface area contributed by atoms with E-state index >= 15 is 0 Å². The second-order valence-corrected chi connectivity index (χ2v) is 3.14. The molecule has 13 heavy (non-hydrogen) atoms. The smallest absolute Gasteiger partial charge is 0.348 e. The van der Waals surface area contributed by atoms with Gasteiger partial charge in [0.05, 0.1) is 6.61 Å². The van der Waals surface area contributed by atoms with Crippen molar-refractivity contribution in [3.8, 4) is 0 Å². The molecule has 1 fully saturated rings. The van der Waals surface area contributed by atoms with Crippen LogP contribution in [0.5, 0.6) is 0 Å². The summed E-state index contributed by atoms with van der Waals surface area (Å²) in [6.07, 6.45) is 0.300. The van der Waals surface area contributed by atoms with Crippen LogP contribution in [0.4, 0.5) is 4.39 Å². The molecular formula is C9H13FO3. The van der Waals surface area contributed by atoms with E-state index in [-0.39, 0.29) is 12.5 Å². The largest absolute Gasteiger partial charge is 0.463 e. The summed E-state index contributed by atoms with van der Waals surface area (Å²) in [5, 5.41) is 0. The van der Waals surface area contributed by atoms with Gasteiger partial charge in [-0.05, 0) is 19.8 Å². The normalized spacial score (nSPS) is 18.9. The van der Waals surface area contributed by atoms with E-state index in [0.717, 1.165) is 6.42 Å². The quantitative estimate of drug-likeness (QED) is 0.492. The first-order chi connectivity index (χ1) is 6.16. The van der Waals surface area contributed by atoms with Crippen LogP contribution in [-0.2, 0) is 14.3 Å². The molecule has 0 aliphatic heterocycles. The zero-order valence-electron chi connectivity index (χ0n) is 7.59. The molecule has 0 amide bonds. The van der Waals surface area contributed by atoms with E-state index in [1.54, 1.807) is 6.92 Å². The monoisotopic (exact) mass is 188 g/mol. The first-order valence-corrected chi connectivity index (χ1v) is 4.51. The third-order valence-corrected chi connectivity index (χ3v) is 2.25. The fraction of sp³-hybridized carbons (Fsp3) is 0.778. The van der Waals surface area contributed by atoms with Crippen LogP contribution in [0.15, 0.2) is 0 Å². The maximum atomic E-state index is 13.0. The van der Waals surface area contributed by atoms with E-state index in [2.05, 4.69) is 4.74 Å². The van der Waals surface area contributed by atoms with Crippen LogP contribution in [0.25, 0.3) is 0 Å². The summed E-state index contributed by atoms with van der Waals surface area (Å²) in [5.41, 5.74) is 0. The number of hydrogen-bond donors (Lipinski definition) is 0. The summed E-state index contributed by atoms with van der Waals surface area (Å²) in [6.45, 7) is 1.69. The zero-order valence-corrected chi connectivity index (χ0v) is 7.59. The molecule has 1 aliphatic rings. The van der Waals surface area contributed by atoms with Crippen LogP contribution in [0.1, 0.15) is 26.2 Å². The third kappa shape index (κ3) is 2.26. The Morgan fingerprint density at radius 3 is 2.54 bits per heavy atom. The Labute approximate surface area is 76.3 Å². The van der Waals surface area contributed by atoms with E-state index in [0.29, 0.717) is 12.8 Å². The number of esters is 1. The van der Waals surface area contributed by atoms with Crippen molar-refractivity contribution in [2.24, 2.45) is 5.92 Å². The van der Waals surface area contributed by atoms with Gasteiger partial charge in [0.1, 0.15) is 0 Å². The van der Waals surface area contributed by atoms with Crippen molar-refractivity contribution in [1.82, 2.24) is 0 Å². The summed E-state index contributed by atoms with van der Waals surface area (Å²) in [5.74, 6) is -1.90. The molecule has 4 heteroatoms. The number of ketones is 1. The molecule has 0 aromatic heterocycles. The zero-order chi connectivity index (χ0) is 9.84. The molecule has 0 spiro atoms. The molecule has 0 bridgehead atoms.